The lowest BCUT2D eigenvalue weighted by Gasteiger charge is -2.11. The van der Waals surface area contributed by atoms with Gasteiger partial charge in [-0.15, -0.1) is 0 Å². The van der Waals surface area contributed by atoms with Gasteiger partial charge in [-0.05, 0) is 61.4 Å². The van der Waals surface area contributed by atoms with Crippen LogP contribution in [0.1, 0.15) is 23.2 Å². The average Bonchev–Trinajstić information content (AvgIpc) is 3.49. The van der Waals surface area contributed by atoms with Crippen LogP contribution in [0.2, 0.25) is 0 Å². The van der Waals surface area contributed by atoms with Gasteiger partial charge < -0.3 is 0 Å². The Kier molecular flexibility index (Phi) is 5.80. The lowest BCUT2D eigenvalue weighted by Crippen LogP contribution is -2.29. The van der Waals surface area contributed by atoms with Crippen LogP contribution in [0.5, 0.6) is 0 Å². The summed E-state index contributed by atoms with van der Waals surface area (Å²) in [5, 5.41) is 0. The third-order valence-electron chi connectivity index (χ3n) is 4.12. The summed E-state index contributed by atoms with van der Waals surface area (Å²) >= 11 is 0. The highest BCUT2D eigenvalue weighted by molar-refractivity contribution is 7.92. The van der Waals surface area contributed by atoms with Crippen LogP contribution in [0, 0.1) is 0 Å². The number of halogens is 3. The Balaban J connectivity index is 1.61. The SMILES string of the molecule is O=C(NNc1ccc(S(=O)(=O)NC2CC2)cc1)c1ccc(S(=O)(=O)C(F)(F)F)cc1. The van der Waals surface area contributed by atoms with Crippen LogP contribution in [-0.2, 0) is 19.9 Å². The zero-order chi connectivity index (χ0) is 22.2. The Labute approximate surface area is 170 Å². The molecule has 1 aliphatic rings. The molecule has 3 rings (SSSR count). The summed E-state index contributed by atoms with van der Waals surface area (Å²) < 4.78 is 87.0. The summed E-state index contributed by atoms with van der Waals surface area (Å²) in [6, 6.07) is 8.73. The van der Waals surface area contributed by atoms with Crippen LogP contribution in [0.4, 0.5) is 18.9 Å². The Morgan fingerprint density at radius 3 is 1.90 bits per heavy atom. The summed E-state index contributed by atoms with van der Waals surface area (Å²) in [7, 11) is -9.10. The van der Waals surface area contributed by atoms with Crippen molar-refractivity contribution in [2.45, 2.75) is 34.2 Å². The number of sulfone groups is 1. The fraction of sp³-hybridized carbons (Fsp3) is 0.235. The maximum atomic E-state index is 12.5. The number of carbonyl (C=O) groups excluding carboxylic acids is 1. The van der Waals surface area contributed by atoms with E-state index in [0.717, 1.165) is 25.0 Å². The van der Waals surface area contributed by atoms with Crippen molar-refractivity contribution in [1.82, 2.24) is 10.1 Å². The molecule has 8 nitrogen and oxygen atoms in total. The monoisotopic (exact) mass is 463 g/mol. The Morgan fingerprint density at radius 1 is 0.867 bits per heavy atom. The number of sulfonamides is 1. The normalized spacial score (nSPS) is 14.9. The predicted molar refractivity (Wildman–Crippen MR) is 101 cm³/mol. The first-order chi connectivity index (χ1) is 13.9. The van der Waals surface area contributed by atoms with Gasteiger partial charge in [0.15, 0.2) is 0 Å². The number of rotatable bonds is 7. The summed E-state index contributed by atoms with van der Waals surface area (Å²) in [4.78, 5) is 11.2. The Bertz CT molecular complexity index is 1140. The van der Waals surface area contributed by atoms with Gasteiger partial charge in [-0.25, -0.2) is 21.6 Å². The standard InChI is InChI=1S/C17H16F3N3O5S2/c18-17(19,20)29(25,26)14-7-1-11(2-8-14)16(24)22-21-12-5-9-15(10-6-12)30(27,28)23-13-3-4-13/h1-2,5-10,13,21,23H,3-4H2,(H,22,24). The van der Waals surface area contributed by atoms with Gasteiger partial charge in [0.25, 0.3) is 15.7 Å². The van der Waals surface area contributed by atoms with Gasteiger partial charge in [0.2, 0.25) is 10.0 Å². The lowest BCUT2D eigenvalue weighted by molar-refractivity contribution is -0.0436. The van der Waals surface area contributed by atoms with Crippen molar-refractivity contribution in [3.63, 3.8) is 0 Å². The van der Waals surface area contributed by atoms with Gasteiger partial charge in [-0.2, -0.15) is 13.2 Å². The van der Waals surface area contributed by atoms with Gasteiger partial charge in [0.1, 0.15) is 0 Å². The molecule has 1 saturated carbocycles. The molecule has 0 radical (unpaired) electrons. The zero-order valence-electron chi connectivity index (χ0n) is 15.1. The van der Waals surface area contributed by atoms with E-state index in [1.807, 2.05) is 0 Å². The number of carbonyl (C=O) groups is 1. The molecule has 1 fully saturated rings. The summed E-state index contributed by atoms with van der Waals surface area (Å²) in [5.41, 5.74) is -0.364. The van der Waals surface area contributed by atoms with Crippen molar-refractivity contribution < 1.29 is 34.8 Å². The molecule has 162 valence electrons. The van der Waals surface area contributed by atoms with Crippen molar-refractivity contribution in [2.24, 2.45) is 0 Å². The van der Waals surface area contributed by atoms with Crippen molar-refractivity contribution in [1.29, 1.82) is 0 Å². The number of anilines is 1. The zero-order valence-corrected chi connectivity index (χ0v) is 16.7. The van der Waals surface area contributed by atoms with Gasteiger partial charge in [-0.3, -0.25) is 15.6 Å². The first kappa shape index (κ1) is 22.1. The molecule has 0 spiro atoms. The largest absolute Gasteiger partial charge is 0.501 e. The Hall–Kier alpha value is -2.64. The second-order valence-electron chi connectivity index (χ2n) is 6.47. The predicted octanol–water partition coefficient (Wildman–Crippen LogP) is 2.18. The second-order valence-corrected chi connectivity index (χ2v) is 10.1. The van der Waals surface area contributed by atoms with Gasteiger partial charge in [0.05, 0.1) is 15.5 Å². The highest BCUT2D eigenvalue weighted by Gasteiger charge is 2.46. The molecule has 0 aliphatic heterocycles. The summed E-state index contributed by atoms with van der Waals surface area (Å²) in [6.45, 7) is 0. The number of hydrogen-bond acceptors (Lipinski definition) is 6. The number of hydrazine groups is 1. The summed E-state index contributed by atoms with van der Waals surface area (Å²) in [5.74, 6) is -0.738. The van der Waals surface area contributed by atoms with Crippen LogP contribution in [0.3, 0.4) is 0 Å². The smallest absolute Gasteiger partial charge is 0.298 e. The van der Waals surface area contributed by atoms with Gasteiger partial charge in [-0.1, -0.05) is 0 Å². The minimum atomic E-state index is -5.50. The quantitative estimate of drug-likeness (QED) is 0.541. The highest BCUT2D eigenvalue weighted by atomic mass is 32.2. The van der Waals surface area contributed by atoms with E-state index in [1.54, 1.807) is 0 Å². The van der Waals surface area contributed by atoms with Crippen LogP contribution in [-0.4, -0.2) is 34.3 Å². The molecular formula is C17H16F3N3O5S2. The first-order valence-corrected chi connectivity index (χ1v) is 11.5. The molecule has 13 heteroatoms. The molecule has 0 saturated heterocycles. The van der Waals surface area contributed by atoms with E-state index < -0.39 is 36.2 Å². The van der Waals surface area contributed by atoms with Crippen LogP contribution < -0.4 is 15.6 Å². The third kappa shape index (κ3) is 4.91. The van der Waals surface area contributed by atoms with E-state index >= 15 is 0 Å². The first-order valence-electron chi connectivity index (χ1n) is 8.50. The maximum absolute atomic E-state index is 12.5. The minimum absolute atomic E-state index is 0.0374. The fourth-order valence-corrected chi connectivity index (χ4v) is 4.39. The van der Waals surface area contributed by atoms with Crippen molar-refractivity contribution in [3.8, 4) is 0 Å². The molecule has 1 amide bonds. The van der Waals surface area contributed by atoms with Crippen molar-refractivity contribution >= 4 is 31.5 Å². The molecule has 0 bridgehead atoms. The van der Waals surface area contributed by atoms with E-state index in [4.69, 9.17) is 0 Å². The Morgan fingerprint density at radius 2 is 1.40 bits per heavy atom. The molecule has 1 aliphatic carbocycles. The van der Waals surface area contributed by atoms with Crippen molar-refractivity contribution in [2.75, 3.05) is 5.43 Å². The lowest BCUT2D eigenvalue weighted by atomic mass is 10.2. The second kappa shape index (κ2) is 7.89. The topological polar surface area (TPSA) is 121 Å². The highest BCUT2D eigenvalue weighted by Crippen LogP contribution is 2.30. The van der Waals surface area contributed by atoms with Crippen molar-refractivity contribution in [3.05, 3.63) is 54.1 Å². The summed E-state index contributed by atoms with van der Waals surface area (Å²) in [6.07, 6.45) is 1.60. The fourth-order valence-electron chi connectivity index (χ4n) is 2.33. The average molecular weight is 463 g/mol. The van der Waals surface area contributed by atoms with Gasteiger partial charge >= 0.3 is 5.51 Å². The molecule has 0 unspecified atom stereocenters. The molecule has 30 heavy (non-hydrogen) atoms. The number of hydrogen-bond donors (Lipinski definition) is 3. The molecule has 2 aromatic rings. The molecule has 2 aromatic carbocycles. The van der Waals surface area contributed by atoms with Crippen LogP contribution in [0.15, 0.2) is 58.3 Å². The molecule has 0 aromatic heterocycles. The maximum Gasteiger partial charge on any atom is 0.501 e. The number of benzene rings is 2. The molecule has 0 atom stereocenters. The molecule has 3 N–H and O–H groups in total. The van der Waals surface area contributed by atoms with E-state index in [1.165, 1.54) is 24.3 Å². The molecular weight excluding hydrogens is 447 g/mol. The van der Waals surface area contributed by atoms with E-state index in [0.29, 0.717) is 17.8 Å². The third-order valence-corrected chi connectivity index (χ3v) is 7.15. The number of amides is 1. The minimum Gasteiger partial charge on any atom is -0.298 e. The van der Waals surface area contributed by atoms with E-state index in [9.17, 15) is 34.8 Å². The number of alkyl halides is 3. The molecule has 0 heterocycles. The van der Waals surface area contributed by atoms with E-state index in [-0.39, 0.29) is 16.5 Å². The van der Waals surface area contributed by atoms with Crippen LogP contribution in [0.25, 0.3) is 0 Å². The van der Waals surface area contributed by atoms with Gasteiger partial charge in [0, 0.05) is 11.6 Å². The van der Waals surface area contributed by atoms with E-state index in [2.05, 4.69) is 15.6 Å². The number of nitrogens with one attached hydrogen (secondary N) is 3. The van der Waals surface area contributed by atoms with Crippen LogP contribution >= 0.6 is 0 Å².